The Morgan fingerprint density at radius 1 is 1.15 bits per heavy atom. The molecule has 0 radical (unpaired) electrons. The van der Waals surface area contributed by atoms with Gasteiger partial charge in [-0.25, -0.2) is 0 Å². The number of fused-ring (bicyclic) bond motifs is 2. The van der Waals surface area contributed by atoms with Crippen LogP contribution in [-0.4, -0.2) is 19.2 Å². The molecule has 1 aromatic carbocycles. The number of hydrogen-bond acceptors (Lipinski definition) is 2. The highest BCUT2D eigenvalue weighted by Gasteiger charge is 2.69. The molecule has 0 aliphatic heterocycles. The van der Waals surface area contributed by atoms with Crippen LogP contribution in [0, 0.1) is 16.7 Å². The average molecular weight is 273 g/mol. The summed E-state index contributed by atoms with van der Waals surface area (Å²) in [5.41, 5.74) is 1.47. The molecule has 0 aromatic heterocycles. The van der Waals surface area contributed by atoms with Gasteiger partial charge >= 0.3 is 0 Å². The number of benzene rings is 1. The van der Waals surface area contributed by atoms with Gasteiger partial charge in [0.2, 0.25) is 0 Å². The SMILES string of the molecule is CN(C)c1ccccc1[C@]1(O)C(C)(C)[C@H]2CC[C@]1(C)C2. The average Bonchev–Trinajstić information content (AvgIpc) is 2.86. The fourth-order valence-corrected chi connectivity index (χ4v) is 5.10. The molecule has 2 nitrogen and oxygen atoms in total. The maximum Gasteiger partial charge on any atom is 0.102 e. The van der Waals surface area contributed by atoms with Crippen molar-refractivity contribution in [3.8, 4) is 0 Å². The second-order valence-corrected chi connectivity index (χ2v) is 7.84. The van der Waals surface area contributed by atoms with Crippen molar-refractivity contribution in [2.45, 2.75) is 45.6 Å². The smallest absolute Gasteiger partial charge is 0.102 e. The maximum absolute atomic E-state index is 11.8. The van der Waals surface area contributed by atoms with E-state index in [1.165, 1.54) is 6.42 Å². The number of rotatable bonds is 2. The normalized spacial score (nSPS) is 38.2. The molecule has 20 heavy (non-hydrogen) atoms. The molecule has 0 unspecified atom stereocenters. The van der Waals surface area contributed by atoms with Crippen LogP contribution in [0.15, 0.2) is 24.3 Å². The van der Waals surface area contributed by atoms with E-state index in [0.717, 1.165) is 24.1 Å². The van der Waals surface area contributed by atoms with Gasteiger partial charge in [-0.1, -0.05) is 39.0 Å². The largest absolute Gasteiger partial charge is 0.384 e. The summed E-state index contributed by atoms with van der Waals surface area (Å²) in [6, 6.07) is 8.37. The molecule has 0 saturated heterocycles. The lowest BCUT2D eigenvalue weighted by Gasteiger charge is -2.52. The predicted octanol–water partition coefficient (Wildman–Crippen LogP) is 3.79. The second-order valence-electron chi connectivity index (χ2n) is 7.84. The molecule has 1 N–H and O–H groups in total. The first-order valence-electron chi connectivity index (χ1n) is 7.73. The fourth-order valence-electron chi connectivity index (χ4n) is 5.10. The van der Waals surface area contributed by atoms with Gasteiger partial charge < -0.3 is 10.0 Å². The second kappa shape index (κ2) is 4.00. The first-order valence-corrected chi connectivity index (χ1v) is 7.73. The van der Waals surface area contributed by atoms with E-state index in [-0.39, 0.29) is 10.8 Å². The van der Waals surface area contributed by atoms with Gasteiger partial charge in [-0.05, 0) is 31.2 Å². The molecule has 0 spiro atoms. The number of hydrogen-bond donors (Lipinski definition) is 1. The van der Waals surface area contributed by atoms with Crippen LogP contribution in [0.25, 0.3) is 0 Å². The minimum absolute atomic E-state index is 0.00722. The Kier molecular flexibility index (Phi) is 2.79. The third-order valence-corrected chi connectivity index (χ3v) is 6.34. The first-order chi connectivity index (χ1) is 9.24. The highest BCUT2D eigenvalue weighted by molar-refractivity contribution is 5.57. The number of anilines is 1. The minimum Gasteiger partial charge on any atom is -0.384 e. The molecule has 0 heterocycles. The van der Waals surface area contributed by atoms with E-state index in [4.69, 9.17) is 0 Å². The van der Waals surface area contributed by atoms with E-state index in [9.17, 15) is 5.11 Å². The van der Waals surface area contributed by atoms with E-state index in [0.29, 0.717) is 5.92 Å². The summed E-state index contributed by atoms with van der Waals surface area (Å²) in [4.78, 5) is 2.12. The summed E-state index contributed by atoms with van der Waals surface area (Å²) in [5, 5.41) is 11.8. The molecule has 110 valence electrons. The summed E-state index contributed by atoms with van der Waals surface area (Å²) < 4.78 is 0. The lowest BCUT2D eigenvalue weighted by molar-refractivity contribution is -0.150. The zero-order valence-corrected chi connectivity index (χ0v) is 13.4. The van der Waals surface area contributed by atoms with E-state index in [1.54, 1.807) is 0 Å². The summed E-state index contributed by atoms with van der Waals surface area (Å²) >= 11 is 0. The van der Waals surface area contributed by atoms with Crippen molar-refractivity contribution < 1.29 is 5.11 Å². The molecular formula is C18H27NO. The number of nitrogens with zero attached hydrogens (tertiary/aromatic N) is 1. The minimum atomic E-state index is -0.732. The Labute approximate surface area is 122 Å². The Bertz CT molecular complexity index is 529. The van der Waals surface area contributed by atoms with Crippen LogP contribution in [0.2, 0.25) is 0 Å². The van der Waals surface area contributed by atoms with Crippen LogP contribution in [0.1, 0.15) is 45.6 Å². The van der Waals surface area contributed by atoms with Gasteiger partial charge in [0.05, 0.1) is 0 Å². The van der Waals surface area contributed by atoms with Crippen molar-refractivity contribution >= 4 is 5.69 Å². The fraction of sp³-hybridized carbons (Fsp3) is 0.667. The van der Waals surface area contributed by atoms with Gasteiger partial charge in [-0.15, -0.1) is 0 Å². The molecule has 2 saturated carbocycles. The molecule has 2 aliphatic carbocycles. The molecule has 3 rings (SSSR count). The van der Waals surface area contributed by atoms with Crippen LogP contribution in [0.3, 0.4) is 0 Å². The Balaban J connectivity index is 2.23. The van der Waals surface area contributed by atoms with Crippen LogP contribution in [-0.2, 0) is 5.60 Å². The first kappa shape index (κ1) is 13.9. The van der Waals surface area contributed by atoms with E-state index >= 15 is 0 Å². The van der Waals surface area contributed by atoms with Gasteiger partial charge in [0.1, 0.15) is 5.60 Å². The van der Waals surface area contributed by atoms with Gasteiger partial charge in [0.15, 0.2) is 0 Å². The van der Waals surface area contributed by atoms with Crippen LogP contribution < -0.4 is 4.90 Å². The van der Waals surface area contributed by atoms with Crippen LogP contribution in [0.5, 0.6) is 0 Å². The molecule has 2 aliphatic rings. The monoisotopic (exact) mass is 273 g/mol. The van der Waals surface area contributed by atoms with Gasteiger partial charge in [0, 0.05) is 36.2 Å². The Morgan fingerprint density at radius 2 is 1.80 bits per heavy atom. The predicted molar refractivity (Wildman–Crippen MR) is 83.9 cm³/mol. The van der Waals surface area contributed by atoms with Crippen molar-refractivity contribution in [1.29, 1.82) is 0 Å². The third kappa shape index (κ3) is 1.43. The maximum atomic E-state index is 11.8. The number of aliphatic hydroxyl groups is 1. The highest BCUT2D eigenvalue weighted by Crippen LogP contribution is 2.72. The summed E-state index contributed by atoms with van der Waals surface area (Å²) in [6.07, 6.45) is 3.55. The third-order valence-electron chi connectivity index (χ3n) is 6.34. The van der Waals surface area contributed by atoms with Gasteiger partial charge in [-0.3, -0.25) is 0 Å². The molecule has 3 atom stereocenters. The number of para-hydroxylation sites is 1. The Morgan fingerprint density at radius 3 is 2.35 bits per heavy atom. The molecule has 1 aromatic rings. The topological polar surface area (TPSA) is 23.5 Å². The van der Waals surface area contributed by atoms with Crippen LogP contribution >= 0.6 is 0 Å². The summed E-state index contributed by atoms with van der Waals surface area (Å²) in [5.74, 6) is 0.632. The lowest BCUT2D eigenvalue weighted by Crippen LogP contribution is -2.51. The van der Waals surface area contributed by atoms with Crippen molar-refractivity contribution in [2.75, 3.05) is 19.0 Å². The zero-order chi connectivity index (χ0) is 14.8. The van der Waals surface area contributed by atoms with Crippen molar-refractivity contribution in [1.82, 2.24) is 0 Å². The summed E-state index contributed by atoms with van der Waals surface area (Å²) in [7, 11) is 4.12. The van der Waals surface area contributed by atoms with Crippen molar-refractivity contribution in [3.05, 3.63) is 29.8 Å². The van der Waals surface area contributed by atoms with E-state index in [1.807, 2.05) is 0 Å². The summed E-state index contributed by atoms with van der Waals surface area (Å²) in [6.45, 7) is 6.80. The zero-order valence-electron chi connectivity index (χ0n) is 13.4. The van der Waals surface area contributed by atoms with Crippen LogP contribution in [0.4, 0.5) is 5.69 Å². The molecule has 2 bridgehead atoms. The van der Waals surface area contributed by atoms with E-state index in [2.05, 4.69) is 64.0 Å². The van der Waals surface area contributed by atoms with E-state index < -0.39 is 5.60 Å². The van der Waals surface area contributed by atoms with Gasteiger partial charge in [-0.2, -0.15) is 0 Å². The van der Waals surface area contributed by atoms with Gasteiger partial charge in [0.25, 0.3) is 0 Å². The standard InChI is InChI=1S/C18H27NO/c1-16(2)13-10-11-17(3,12-13)18(16,20)14-8-6-7-9-15(14)19(4)5/h6-9,13,20H,10-12H2,1-5H3/t13-,17+,18-/m0/s1. The lowest BCUT2D eigenvalue weighted by atomic mass is 9.57. The quantitative estimate of drug-likeness (QED) is 0.886. The Hall–Kier alpha value is -1.02. The molecule has 2 fully saturated rings. The molecular weight excluding hydrogens is 246 g/mol. The molecule has 0 amide bonds. The van der Waals surface area contributed by atoms with Crippen molar-refractivity contribution in [3.63, 3.8) is 0 Å². The molecule has 2 heteroatoms. The van der Waals surface area contributed by atoms with Crippen molar-refractivity contribution in [2.24, 2.45) is 16.7 Å². The highest BCUT2D eigenvalue weighted by atomic mass is 16.3.